The fraction of sp³-hybridized carbons (Fsp3) is 0.435. The van der Waals surface area contributed by atoms with Crippen molar-refractivity contribution >= 4 is 5.96 Å². The molecule has 0 radical (unpaired) electrons. The van der Waals surface area contributed by atoms with Crippen LogP contribution in [-0.4, -0.2) is 33.3 Å². The maximum Gasteiger partial charge on any atom is 0.191 e. The number of para-hydroxylation sites is 1. The van der Waals surface area contributed by atoms with Crippen LogP contribution in [0, 0.1) is 0 Å². The lowest BCUT2D eigenvalue weighted by Crippen LogP contribution is -2.36. The Balaban J connectivity index is 1.56. The third-order valence-corrected chi connectivity index (χ3v) is 5.15. The monoisotopic (exact) mass is 397 g/mol. The van der Waals surface area contributed by atoms with Gasteiger partial charge < -0.3 is 24.8 Å². The van der Waals surface area contributed by atoms with E-state index in [-0.39, 0.29) is 0 Å². The second-order valence-corrected chi connectivity index (χ2v) is 7.10. The first-order valence-electron chi connectivity index (χ1n) is 10.1. The summed E-state index contributed by atoms with van der Waals surface area (Å²) in [4.78, 5) is 4.33. The van der Waals surface area contributed by atoms with Crippen molar-refractivity contribution in [3.05, 3.63) is 53.6 Å². The van der Waals surface area contributed by atoms with E-state index in [9.17, 15) is 0 Å². The van der Waals surface area contributed by atoms with Crippen LogP contribution in [0.25, 0.3) is 0 Å². The van der Waals surface area contributed by atoms with Gasteiger partial charge in [-0.1, -0.05) is 24.3 Å². The van der Waals surface area contributed by atoms with Crippen molar-refractivity contribution in [1.29, 1.82) is 0 Å². The summed E-state index contributed by atoms with van der Waals surface area (Å²) in [6.45, 7) is 1.27. The Morgan fingerprint density at radius 3 is 2.38 bits per heavy atom. The average Bonchev–Trinajstić information content (AvgIpc) is 3.27. The van der Waals surface area contributed by atoms with Gasteiger partial charge in [0.25, 0.3) is 0 Å². The highest BCUT2D eigenvalue weighted by Gasteiger charge is 2.17. The van der Waals surface area contributed by atoms with Gasteiger partial charge >= 0.3 is 0 Å². The molecule has 0 saturated heterocycles. The highest BCUT2D eigenvalue weighted by molar-refractivity contribution is 5.79. The summed E-state index contributed by atoms with van der Waals surface area (Å²) in [6, 6.07) is 14.1. The van der Waals surface area contributed by atoms with Crippen LogP contribution in [0.3, 0.4) is 0 Å². The molecule has 0 aliphatic heterocycles. The lowest BCUT2D eigenvalue weighted by Gasteiger charge is -2.18. The SMILES string of the molecule is CN=C(NCc1ccc(OC)c(OC)c1)NCc1ccccc1OC1CCCC1. The summed E-state index contributed by atoms with van der Waals surface area (Å²) < 4.78 is 16.9. The molecule has 2 aromatic carbocycles. The fourth-order valence-corrected chi connectivity index (χ4v) is 3.53. The van der Waals surface area contributed by atoms with E-state index < -0.39 is 0 Å². The highest BCUT2D eigenvalue weighted by Crippen LogP contribution is 2.28. The van der Waals surface area contributed by atoms with E-state index in [0.29, 0.717) is 24.9 Å². The molecule has 3 rings (SSSR count). The summed E-state index contributed by atoms with van der Waals surface area (Å²) in [5, 5.41) is 6.71. The summed E-state index contributed by atoms with van der Waals surface area (Å²) in [7, 11) is 5.04. The number of hydrogen-bond acceptors (Lipinski definition) is 4. The van der Waals surface area contributed by atoms with Crippen molar-refractivity contribution in [3.8, 4) is 17.2 Å². The highest BCUT2D eigenvalue weighted by atomic mass is 16.5. The number of nitrogens with one attached hydrogen (secondary N) is 2. The van der Waals surface area contributed by atoms with Gasteiger partial charge in [-0.3, -0.25) is 4.99 Å². The van der Waals surface area contributed by atoms with Crippen LogP contribution in [0.15, 0.2) is 47.5 Å². The topological polar surface area (TPSA) is 64.1 Å². The van der Waals surface area contributed by atoms with Crippen LogP contribution in [0.2, 0.25) is 0 Å². The van der Waals surface area contributed by atoms with Gasteiger partial charge in [-0.05, 0) is 49.4 Å². The Morgan fingerprint density at radius 2 is 1.66 bits per heavy atom. The second-order valence-electron chi connectivity index (χ2n) is 7.10. The van der Waals surface area contributed by atoms with Crippen molar-refractivity contribution in [2.45, 2.75) is 44.9 Å². The first-order chi connectivity index (χ1) is 14.2. The minimum atomic E-state index is 0.346. The molecule has 2 N–H and O–H groups in total. The average molecular weight is 398 g/mol. The molecule has 0 bridgehead atoms. The van der Waals surface area contributed by atoms with E-state index in [0.717, 1.165) is 41.4 Å². The fourth-order valence-electron chi connectivity index (χ4n) is 3.53. The molecular formula is C23H31N3O3. The van der Waals surface area contributed by atoms with Gasteiger partial charge in [-0.25, -0.2) is 0 Å². The first kappa shape index (κ1) is 20.8. The van der Waals surface area contributed by atoms with Gasteiger partial charge in [-0.2, -0.15) is 0 Å². The van der Waals surface area contributed by atoms with Gasteiger partial charge in [0.05, 0.1) is 20.3 Å². The van der Waals surface area contributed by atoms with Crippen LogP contribution in [0.1, 0.15) is 36.8 Å². The Bertz CT molecular complexity index is 817. The third-order valence-electron chi connectivity index (χ3n) is 5.15. The van der Waals surface area contributed by atoms with Gasteiger partial charge in [0.15, 0.2) is 17.5 Å². The van der Waals surface area contributed by atoms with E-state index in [4.69, 9.17) is 14.2 Å². The van der Waals surface area contributed by atoms with Crippen LogP contribution in [0.5, 0.6) is 17.2 Å². The van der Waals surface area contributed by atoms with Gasteiger partial charge in [-0.15, -0.1) is 0 Å². The summed E-state index contributed by atoms with van der Waals surface area (Å²) in [6.07, 6.45) is 5.17. The van der Waals surface area contributed by atoms with E-state index in [1.165, 1.54) is 12.8 Å². The van der Waals surface area contributed by atoms with E-state index in [1.807, 2.05) is 30.3 Å². The summed E-state index contributed by atoms with van der Waals surface area (Å²) in [5.74, 6) is 3.13. The zero-order valence-corrected chi connectivity index (χ0v) is 17.5. The van der Waals surface area contributed by atoms with E-state index >= 15 is 0 Å². The molecular weight excluding hydrogens is 366 g/mol. The molecule has 1 aliphatic carbocycles. The van der Waals surface area contributed by atoms with E-state index in [2.05, 4.69) is 27.8 Å². The van der Waals surface area contributed by atoms with Gasteiger partial charge in [0.2, 0.25) is 0 Å². The minimum Gasteiger partial charge on any atom is -0.493 e. The molecule has 2 aromatic rings. The normalized spacial score (nSPS) is 14.5. The Morgan fingerprint density at radius 1 is 0.931 bits per heavy atom. The number of ether oxygens (including phenoxy) is 3. The smallest absolute Gasteiger partial charge is 0.191 e. The molecule has 1 fully saturated rings. The van der Waals surface area contributed by atoms with Crippen LogP contribution in [-0.2, 0) is 13.1 Å². The molecule has 1 saturated carbocycles. The van der Waals surface area contributed by atoms with Crippen LogP contribution >= 0.6 is 0 Å². The molecule has 0 amide bonds. The molecule has 6 heteroatoms. The lowest BCUT2D eigenvalue weighted by molar-refractivity contribution is 0.208. The lowest BCUT2D eigenvalue weighted by atomic mass is 10.2. The van der Waals surface area contributed by atoms with E-state index in [1.54, 1.807) is 21.3 Å². The molecule has 29 heavy (non-hydrogen) atoms. The number of benzene rings is 2. The molecule has 1 aliphatic rings. The van der Waals surface area contributed by atoms with Crippen molar-refractivity contribution in [1.82, 2.24) is 10.6 Å². The summed E-state index contributed by atoms with van der Waals surface area (Å²) >= 11 is 0. The predicted molar refractivity (Wildman–Crippen MR) is 116 cm³/mol. The zero-order chi connectivity index (χ0) is 20.5. The quantitative estimate of drug-likeness (QED) is 0.523. The maximum atomic E-state index is 6.22. The predicted octanol–water partition coefficient (Wildman–Crippen LogP) is 3.89. The molecule has 156 valence electrons. The van der Waals surface area contributed by atoms with Gasteiger partial charge in [0.1, 0.15) is 5.75 Å². The molecule has 0 spiro atoms. The minimum absolute atomic E-state index is 0.346. The standard InChI is InChI=1S/C23H31N3O3/c1-24-23(25-15-17-12-13-21(27-2)22(14-17)28-3)26-16-18-8-4-7-11-20(18)29-19-9-5-6-10-19/h4,7-8,11-14,19H,5-6,9-10,15-16H2,1-3H3,(H2,24,25,26). The molecule has 0 atom stereocenters. The molecule has 0 unspecified atom stereocenters. The number of nitrogens with zero attached hydrogens (tertiary/aromatic N) is 1. The Labute approximate surface area is 173 Å². The first-order valence-corrected chi connectivity index (χ1v) is 10.1. The number of methoxy groups -OCH3 is 2. The third kappa shape index (κ3) is 5.79. The number of guanidine groups is 1. The van der Waals surface area contributed by atoms with Crippen LogP contribution in [0.4, 0.5) is 0 Å². The number of aliphatic imine (C=N–C) groups is 1. The van der Waals surface area contributed by atoms with Crippen LogP contribution < -0.4 is 24.8 Å². The Kier molecular flexibility index (Phi) is 7.61. The Hall–Kier alpha value is -2.89. The largest absolute Gasteiger partial charge is 0.493 e. The maximum absolute atomic E-state index is 6.22. The van der Waals surface area contributed by atoms with Crippen molar-refractivity contribution < 1.29 is 14.2 Å². The van der Waals surface area contributed by atoms with Crippen molar-refractivity contribution in [3.63, 3.8) is 0 Å². The van der Waals surface area contributed by atoms with Crippen molar-refractivity contribution in [2.75, 3.05) is 21.3 Å². The molecule has 6 nitrogen and oxygen atoms in total. The molecule has 0 heterocycles. The summed E-state index contributed by atoms with van der Waals surface area (Å²) in [5.41, 5.74) is 2.21. The number of rotatable bonds is 8. The van der Waals surface area contributed by atoms with Crippen molar-refractivity contribution in [2.24, 2.45) is 4.99 Å². The number of hydrogen-bond donors (Lipinski definition) is 2. The van der Waals surface area contributed by atoms with Gasteiger partial charge in [0, 0.05) is 25.7 Å². The second kappa shape index (κ2) is 10.6. The molecule has 0 aromatic heterocycles. The zero-order valence-electron chi connectivity index (χ0n) is 17.5.